The second-order valence-electron chi connectivity index (χ2n) is 4.35. The predicted octanol–water partition coefficient (Wildman–Crippen LogP) is 0.967. The van der Waals surface area contributed by atoms with Gasteiger partial charge in [-0.25, -0.2) is 9.89 Å². The van der Waals surface area contributed by atoms with E-state index < -0.39 is 0 Å². The molecule has 0 aromatic carbocycles. The van der Waals surface area contributed by atoms with Crippen molar-refractivity contribution in [2.24, 2.45) is 0 Å². The summed E-state index contributed by atoms with van der Waals surface area (Å²) in [5.41, 5.74) is -0.104. The van der Waals surface area contributed by atoms with Gasteiger partial charge in [-0.3, -0.25) is 4.57 Å². The summed E-state index contributed by atoms with van der Waals surface area (Å²) < 4.78 is 1.74. The Bertz CT molecular complexity index is 373. The summed E-state index contributed by atoms with van der Waals surface area (Å²) >= 11 is 0. The van der Waals surface area contributed by atoms with Crippen molar-refractivity contribution >= 4 is 0 Å². The quantitative estimate of drug-likeness (QED) is 0.764. The Morgan fingerprint density at radius 1 is 1.47 bits per heavy atom. The predicted molar refractivity (Wildman–Crippen MR) is 57.8 cm³/mol. The molecule has 0 aliphatic carbocycles. The number of nitrogens with one attached hydrogen (secondary N) is 2. The minimum absolute atomic E-state index is 0.104. The van der Waals surface area contributed by atoms with Gasteiger partial charge >= 0.3 is 5.69 Å². The molecule has 0 radical (unpaired) electrons. The summed E-state index contributed by atoms with van der Waals surface area (Å²) in [5.74, 6) is 0.856. The highest BCUT2D eigenvalue weighted by atomic mass is 16.1. The Kier molecular flexibility index (Phi) is 2.90. The molecule has 1 fully saturated rings. The largest absolute Gasteiger partial charge is 0.343 e. The van der Waals surface area contributed by atoms with E-state index in [1.165, 1.54) is 12.8 Å². The van der Waals surface area contributed by atoms with Crippen molar-refractivity contribution in [1.29, 1.82) is 0 Å². The highest BCUT2D eigenvalue weighted by molar-refractivity contribution is 4.98. The number of nitrogens with zero attached hydrogens (tertiary/aromatic N) is 2. The van der Waals surface area contributed by atoms with Crippen LogP contribution in [-0.2, 0) is 0 Å². The van der Waals surface area contributed by atoms with Gasteiger partial charge in [0.15, 0.2) is 5.82 Å². The first-order chi connectivity index (χ1) is 7.20. The second-order valence-corrected chi connectivity index (χ2v) is 4.35. The molecule has 84 valence electrons. The summed E-state index contributed by atoms with van der Waals surface area (Å²) in [4.78, 5) is 11.5. The molecule has 5 nitrogen and oxygen atoms in total. The Labute approximate surface area is 88.9 Å². The SMILES string of the molecule is CC(C)n1c(C2CCCCN2)n[nH]c1=O. The Balaban J connectivity index is 2.30. The maximum atomic E-state index is 11.5. The molecule has 1 aromatic rings. The molecule has 1 aromatic heterocycles. The van der Waals surface area contributed by atoms with Crippen molar-refractivity contribution in [1.82, 2.24) is 20.1 Å². The smallest absolute Gasteiger partial charge is 0.307 e. The highest BCUT2D eigenvalue weighted by Crippen LogP contribution is 2.21. The molecule has 0 saturated carbocycles. The fourth-order valence-electron chi connectivity index (χ4n) is 2.13. The fraction of sp³-hybridized carbons (Fsp3) is 0.800. The van der Waals surface area contributed by atoms with Crippen molar-refractivity contribution in [3.8, 4) is 0 Å². The van der Waals surface area contributed by atoms with Gasteiger partial charge in [0, 0.05) is 6.04 Å². The summed E-state index contributed by atoms with van der Waals surface area (Å²) in [6, 6.07) is 0.398. The van der Waals surface area contributed by atoms with Crippen molar-refractivity contribution < 1.29 is 0 Å². The van der Waals surface area contributed by atoms with E-state index in [0.29, 0.717) is 0 Å². The van der Waals surface area contributed by atoms with E-state index in [0.717, 1.165) is 18.8 Å². The van der Waals surface area contributed by atoms with E-state index in [1.807, 2.05) is 13.8 Å². The Morgan fingerprint density at radius 2 is 2.27 bits per heavy atom. The number of H-pyrrole nitrogens is 1. The summed E-state index contributed by atoms with van der Waals surface area (Å²) in [6.45, 7) is 5.02. The van der Waals surface area contributed by atoms with Gasteiger partial charge in [0.2, 0.25) is 0 Å². The van der Waals surface area contributed by atoms with Gasteiger partial charge in [0.1, 0.15) is 0 Å². The van der Waals surface area contributed by atoms with Crippen LogP contribution in [0, 0.1) is 0 Å². The molecular weight excluding hydrogens is 192 g/mol. The van der Waals surface area contributed by atoms with Crippen LogP contribution in [0.1, 0.15) is 51.0 Å². The lowest BCUT2D eigenvalue weighted by Gasteiger charge is -2.23. The van der Waals surface area contributed by atoms with Crippen LogP contribution in [-0.4, -0.2) is 21.3 Å². The lowest BCUT2D eigenvalue weighted by atomic mass is 10.0. The van der Waals surface area contributed by atoms with Crippen LogP contribution in [0.2, 0.25) is 0 Å². The van der Waals surface area contributed by atoms with E-state index >= 15 is 0 Å². The lowest BCUT2D eigenvalue weighted by Crippen LogP contribution is -2.31. The first kappa shape index (κ1) is 10.4. The van der Waals surface area contributed by atoms with Crippen molar-refractivity contribution in [3.63, 3.8) is 0 Å². The molecule has 1 saturated heterocycles. The average Bonchev–Trinajstić information content (AvgIpc) is 2.61. The Morgan fingerprint density at radius 3 is 2.87 bits per heavy atom. The average molecular weight is 210 g/mol. The summed E-state index contributed by atoms with van der Waals surface area (Å²) in [6.07, 6.45) is 3.49. The zero-order chi connectivity index (χ0) is 10.8. The second kappa shape index (κ2) is 4.18. The summed E-state index contributed by atoms with van der Waals surface area (Å²) in [7, 11) is 0. The standard InChI is InChI=1S/C10H18N4O/c1-7(2)14-9(12-13-10(14)15)8-5-3-4-6-11-8/h7-8,11H,3-6H2,1-2H3,(H,13,15). The molecule has 1 unspecified atom stereocenters. The van der Waals surface area contributed by atoms with E-state index in [1.54, 1.807) is 4.57 Å². The maximum Gasteiger partial charge on any atom is 0.343 e. The molecule has 1 aliphatic rings. The lowest BCUT2D eigenvalue weighted by molar-refractivity contribution is 0.376. The van der Waals surface area contributed by atoms with Crippen molar-refractivity contribution in [2.75, 3.05) is 6.54 Å². The number of aromatic nitrogens is 3. The van der Waals surface area contributed by atoms with Crippen LogP contribution in [0.25, 0.3) is 0 Å². The third-order valence-corrected chi connectivity index (χ3v) is 2.87. The Hall–Kier alpha value is -1.10. The topological polar surface area (TPSA) is 62.7 Å². The number of piperidine rings is 1. The third-order valence-electron chi connectivity index (χ3n) is 2.87. The first-order valence-corrected chi connectivity index (χ1v) is 5.60. The van der Waals surface area contributed by atoms with Crippen LogP contribution in [0.5, 0.6) is 0 Å². The molecule has 2 rings (SSSR count). The van der Waals surface area contributed by atoms with Crippen LogP contribution < -0.4 is 11.0 Å². The van der Waals surface area contributed by atoms with E-state index in [2.05, 4.69) is 15.5 Å². The molecule has 1 atom stereocenters. The van der Waals surface area contributed by atoms with Gasteiger partial charge in [-0.05, 0) is 33.2 Å². The molecular formula is C10H18N4O. The number of rotatable bonds is 2. The van der Waals surface area contributed by atoms with Crippen molar-refractivity contribution in [2.45, 2.75) is 45.2 Å². The minimum atomic E-state index is -0.104. The molecule has 1 aliphatic heterocycles. The fourth-order valence-corrected chi connectivity index (χ4v) is 2.13. The molecule has 5 heteroatoms. The molecule has 0 spiro atoms. The molecule has 0 amide bonds. The maximum absolute atomic E-state index is 11.5. The highest BCUT2D eigenvalue weighted by Gasteiger charge is 2.22. The van der Waals surface area contributed by atoms with E-state index in [4.69, 9.17) is 0 Å². The van der Waals surface area contributed by atoms with Gasteiger partial charge in [0.25, 0.3) is 0 Å². The monoisotopic (exact) mass is 210 g/mol. The van der Waals surface area contributed by atoms with Gasteiger partial charge in [0.05, 0.1) is 6.04 Å². The van der Waals surface area contributed by atoms with Gasteiger partial charge < -0.3 is 5.32 Å². The van der Waals surface area contributed by atoms with Crippen LogP contribution in [0.4, 0.5) is 0 Å². The number of hydrogen-bond acceptors (Lipinski definition) is 3. The van der Waals surface area contributed by atoms with Crippen LogP contribution >= 0.6 is 0 Å². The third kappa shape index (κ3) is 1.97. The summed E-state index contributed by atoms with van der Waals surface area (Å²) in [5, 5.41) is 10.1. The zero-order valence-electron chi connectivity index (χ0n) is 9.29. The van der Waals surface area contributed by atoms with Gasteiger partial charge in [-0.15, -0.1) is 0 Å². The van der Waals surface area contributed by atoms with Gasteiger partial charge in [-0.1, -0.05) is 6.42 Å². The van der Waals surface area contributed by atoms with Crippen LogP contribution in [0.3, 0.4) is 0 Å². The van der Waals surface area contributed by atoms with Crippen LogP contribution in [0.15, 0.2) is 4.79 Å². The van der Waals surface area contributed by atoms with E-state index in [9.17, 15) is 4.79 Å². The van der Waals surface area contributed by atoms with Gasteiger partial charge in [-0.2, -0.15) is 5.10 Å². The molecule has 2 heterocycles. The number of hydrogen-bond donors (Lipinski definition) is 2. The molecule has 2 N–H and O–H groups in total. The minimum Gasteiger partial charge on any atom is -0.307 e. The number of aromatic amines is 1. The van der Waals surface area contributed by atoms with Crippen molar-refractivity contribution in [3.05, 3.63) is 16.3 Å². The van der Waals surface area contributed by atoms with E-state index in [-0.39, 0.29) is 17.8 Å². The molecule has 0 bridgehead atoms. The zero-order valence-corrected chi connectivity index (χ0v) is 9.29. The molecule has 15 heavy (non-hydrogen) atoms. The first-order valence-electron chi connectivity index (χ1n) is 5.60. The normalized spacial score (nSPS) is 22.2.